The van der Waals surface area contributed by atoms with Gasteiger partial charge < -0.3 is 30.9 Å². The summed E-state index contributed by atoms with van der Waals surface area (Å²) >= 11 is 1.43. The van der Waals surface area contributed by atoms with Gasteiger partial charge in [-0.15, -0.1) is 0 Å². The third-order valence-corrected chi connectivity index (χ3v) is 14.5. The van der Waals surface area contributed by atoms with Crippen LogP contribution in [-0.2, 0) is 29.0 Å². The zero-order valence-corrected chi connectivity index (χ0v) is 35.8. The molecular formula is C46H54N8O6S. The second-order valence-electron chi connectivity index (χ2n) is 19.0. The number of amides is 1. The first-order valence-corrected chi connectivity index (χ1v) is 22.1. The number of aromatic nitrogens is 4. The summed E-state index contributed by atoms with van der Waals surface area (Å²) in [6.45, 7) is 10.1. The summed E-state index contributed by atoms with van der Waals surface area (Å²) in [6, 6.07) is 16.8. The Balaban J connectivity index is 0.915. The van der Waals surface area contributed by atoms with Gasteiger partial charge in [0.25, 0.3) is 5.91 Å². The maximum absolute atomic E-state index is 13.7. The highest BCUT2D eigenvalue weighted by Crippen LogP contribution is 2.72. The number of benzene rings is 2. The Morgan fingerprint density at radius 3 is 2.49 bits per heavy atom. The van der Waals surface area contributed by atoms with Gasteiger partial charge in [0, 0.05) is 61.1 Å². The van der Waals surface area contributed by atoms with Gasteiger partial charge in [-0.25, -0.2) is 14.8 Å². The Hall–Kier alpha value is -5.22. The quantitative estimate of drug-likeness (QED) is 0.0685. The number of para-hydroxylation sites is 1. The molecule has 4 bridgehead atoms. The van der Waals surface area contributed by atoms with E-state index in [1.807, 2.05) is 66.4 Å². The van der Waals surface area contributed by atoms with Crippen LogP contribution in [0.1, 0.15) is 96.5 Å². The topological polar surface area (TPSA) is 198 Å². The predicted molar refractivity (Wildman–Crippen MR) is 234 cm³/mol. The molecule has 5 aromatic rings. The third-order valence-electron chi connectivity index (χ3n) is 13.5. The molecule has 14 nitrogen and oxygen atoms in total. The number of anilines is 2. The summed E-state index contributed by atoms with van der Waals surface area (Å²) in [6.07, 6.45) is 8.68. The number of hydrogen-bond acceptors (Lipinski definition) is 11. The number of nitrogens with zero attached hydrogens (tertiary/aromatic N) is 5. The van der Waals surface area contributed by atoms with Gasteiger partial charge >= 0.3 is 11.9 Å². The van der Waals surface area contributed by atoms with Gasteiger partial charge in [-0.3, -0.25) is 19.6 Å². The van der Waals surface area contributed by atoms with Crippen molar-refractivity contribution in [3.63, 3.8) is 0 Å². The molecule has 4 fully saturated rings. The second-order valence-corrected chi connectivity index (χ2v) is 20.0. The number of nitrogens with two attached hydrogens (primary N) is 1. The van der Waals surface area contributed by atoms with Crippen LogP contribution in [0.3, 0.4) is 0 Å². The number of carbonyl (C=O) groups excluding carboxylic acids is 1. The number of nitrogens with one attached hydrogen (secondary N) is 2. The fourth-order valence-electron chi connectivity index (χ4n) is 12.3. The largest absolute Gasteiger partial charge is 0.481 e. The summed E-state index contributed by atoms with van der Waals surface area (Å²) in [4.78, 5) is 49.0. The molecular weight excluding hydrogens is 793 g/mol. The van der Waals surface area contributed by atoms with Crippen molar-refractivity contribution in [1.82, 2.24) is 25.1 Å². The van der Waals surface area contributed by atoms with Crippen LogP contribution in [0.5, 0.6) is 0 Å². The third kappa shape index (κ3) is 8.16. The fraction of sp³-hybridized carbons (Fsp3) is 0.478. The van der Waals surface area contributed by atoms with E-state index in [9.17, 15) is 19.5 Å². The number of carbonyl (C=O) groups is 3. The van der Waals surface area contributed by atoms with Gasteiger partial charge in [-0.05, 0) is 110 Å². The van der Waals surface area contributed by atoms with Crippen molar-refractivity contribution in [2.24, 2.45) is 22.0 Å². The average molecular weight is 847 g/mol. The van der Waals surface area contributed by atoms with Crippen LogP contribution < -0.4 is 21.3 Å². The summed E-state index contributed by atoms with van der Waals surface area (Å²) in [7, 11) is 0. The smallest absolute Gasteiger partial charge is 0.355 e. The van der Waals surface area contributed by atoms with E-state index in [0.29, 0.717) is 67.8 Å². The molecule has 10 rings (SSSR count). The van der Waals surface area contributed by atoms with Crippen molar-refractivity contribution >= 4 is 50.3 Å². The van der Waals surface area contributed by atoms with E-state index < -0.39 is 18.0 Å². The highest BCUT2D eigenvalue weighted by atomic mass is 32.1. The molecule has 0 spiro atoms. The van der Waals surface area contributed by atoms with E-state index in [0.717, 1.165) is 64.7 Å². The van der Waals surface area contributed by atoms with Crippen LogP contribution in [0.15, 0.2) is 60.8 Å². The molecule has 1 amide bonds. The minimum Gasteiger partial charge on any atom is -0.481 e. The highest BCUT2D eigenvalue weighted by Gasteiger charge is 2.66. The van der Waals surface area contributed by atoms with Gasteiger partial charge in [0.2, 0.25) is 0 Å². The van der Waals surface area contributed by atoms with Crippen molar-refractivity contribution in [3.05, 3.63) is 88.9 Å². The lowest BCUT2D eigenvalue weighted by Gasteiger charge is -2.69. The molecule has 0 radical (unpaired) electrons. The van der Waals surface area contributed by atoms with Crippen molar-refractivity contribution < 1.29 is 29.3 Å². The van der Waals surface area contributed by atoms with Crippen LogP contribution in [-0.4, -0.2) is 85.7 Å². The molecule has 0 saturated heterocycles. The zero-order chi connectivity index (χ0) is 42.7. The van der Waals surface area contributed by atoms with Gasteiger partial charge in [0.05, 0.1) is 35.0 Å². The molecule has 5 aliphatic rings. The van der Waals surface area contributed by atoms with Gasteiger partial charge in [-0.1, -0.05) is 49.4 Å². The monoisotopic (exact) mass is 846 g/mol. The lowest BCUT2D eigenvalue weighted by atomic mass is 9.39. The summed E-state index contributed by atoms with van der Waals surface area (Å²) in [5.41, 5.74) is 11.4. The van der Waals surface area contributed by atoms with E-state index in [-0.39, 0.29) is 39.9 Å². The van der Waals surface area contributed by atoms with E-state index >= 15 is 0 Å². The Morgan fingerprint density at radius 1 is 0.951 bits per heavy atom. The number of aliphatic carboxylic acids is 1. The van der Waals surface area contributed by atoms with Crippen molar-refractivity contribution in [1.29, 1.82) is 0 Å². The number of pyridine rings is 1. The second kappa shape index (κ2) is 15.6. The van der Waals surface area contributed by atoms with Crippen LogP contribution in [0.4, 0.5) is 10.9 Å². The van der Waals surface area contributed by atoms with Crippen LogP contribution in [0, 0.1) is 23.2 Å². The molecule has 3 aromatic heterocycles. The number of ether oxygens (including phenoxy) is 1. The molecule has 4 aliphatic carbocycles. The number of hydrogen-bond donors (Lipinski definition) is 5. The minimum absolute atomic E-state index is 0.0317. The Morgan fingerprint density at radius 2 is 1.74 bits per heavy atom. The normalized spacial score (nSPS) is 25.7. The molecule has 61 heavy (non-hydrogen) atoms. The molecule has 2 aromatic carbocycles. The van der Waals surface area contributed by atoms with Crippen molar-refractivity contribution in [2.75, 3.05) is 36.5 Å². The summed E-state index contributed by atoms with van der Waals surface area (Å²) in [5.74, 6) is -1.71. The first kappa shape index (κ1) is 41.1. The zero-order valence-electron chi connectivity index (χ0n) is 35.0. The van der Waals surface area contributed by atoms with Crippen LogP contribution in [0.25, 0.3) is 21.3 Å². The minimum atomic E-state index is -1.11. The standard InChI is InChI=1S/C46H54N8O6S/c1-28-33(19-49-54(28)27-45-22-43(2)21-44(3,23-45)25-46(24-43,26-45)60-16-14-48-18-30(47)17-38(55)56)31-11-12-37(51-39(31)41(58)59)53-15-13-29-7-6-8-32(34(29)20-53)40(57)52-42-50-35-9-4-5-10-36(35)61-42/h4-12,19,30,48H,13-18,20-27,47H2,1-3H3,(H,55,56)(H,58,59)(H,50,52,57)/t30-,43?,44?,45?,46?/m0/s1. The Labute approximate surface area is 358 Å². The van der Waals surface area contributed by atoms with Crippen molar-refractivity contribution in [2.45, 2.75) is 96.9 Å². The van der Waals surface area contributed by atoms with E-state index in [1.165, 1.54) is 17.8 Å². The Kier molecular flexibility index (Phi) is 10.5. The molecule has 2 unspecified atom stereocenters. The summed E-state index contributed by atoms with van der Waals surface area (Å²) in [5, 5.41) is 31.3. The molecule has 15 heteroatoms. The van der Waals surface area contributed by atoms with E-state index in [1.54, 1.807) is 6.20 Å². The highest BCUT2D eigenvalue weighted by molar-refractivity contribution is 7.22. The fourth-order valence-corrected chi connectivity index (χ4v) is 13.2. The number of aromatic carboxylic acids is 1. The number of carboxylic acids is 2. The lowest BCUT2D eigenvalue weighted by molar-refractivity contribution is -0.247. The number of carboxylic acid groups (broad SMARTS) is 2. The maximum Gasteiger partial charge on any atom is 0.355 e. The maximum atomic E-state index is 13.7. The van der Waals surface area contributed by atoms with Gasteiger partial charge in [-0.2, -0.15) is 5.10 Å². The van der Waals surface area contributed by atoms with Gasteiger partial charge in [0.15, 0.2) is 10.8 Å². The number of fused-ring (bicyclic) bond motifs is 2. The lowest BCUT2D eigenvalue weighted by Crippen LogP contribution is -2.64. The molecule has 3 atom stereocenters. The predicted octanol–water partition coefficient (Wildman–Crippen LogP) is 6.90. The number of rotatable bonds is 15. The van der Waals surface area contributed by atoms with E-state index in [4.69, 9.17) is 25.7 Å². The average Bonchev–Trinajstić information content (AvgIpc) is 3.76. The summed E-state index contributed by atoms with van der Waals surface area (Å²) < 4.78 is 9.89. The first-order chi connectivity index (χ1) is 29.1. The van der Waals surface area contributed by atoms with Crippen molar-refractivity contribution in [3.8, 4) is 11.1 Å². The first-order valence-electron chi connectivity index (χ1n) is 21.2. The molecule has 4 saturated carbocycles. The molecule has 1 aliphatic heterocycles. The van der Waals surface area contributed by atoms with E-state index in [2.05, 4.69) is 34.1 Å². The molecule has 6 N–H and O–H groups in total. The number of thiazole rings is 1. The SMILES string of the molecule is Cc1c(-c2ccc(N3CCc4cccc(C(=O)Nc5nc6ccccc6s5)c4C3)nc2C(=O)O)cnn1CC12CC3(C)CC(C)(C1)CC(OCCNC[C@@H](N)CC(=O)O)(C3)C2. The molecule has 4 heterocycles. The van der Waals surface area contributed by atoms with Crippen LogP contribution >= 0.6 is 11.3 Å². The Bertz CT molecular complexity index is 2480. The molecule has 320 valence electrons. The van der Waals surface area contributed by atoms with Crippen LogP contribution in [0.2, 0.25) is 0 Å². The van der Waals surface area contributed by atoms with Gasteiger partial charge in [0.1, 0.15) is 5.82 Å².